The molecule has 0 fully saturated rings. The molecule has 0 saturated heterocycles. The minimum absolute atomic E-state index is 0.0617. The van der Waals surface area contributed by atoms with Gasteiger partial charge in [-0.25, -0.2) is 16.8 Å². The van der Waals surface area contributed by atoms with E-state index in [9.17, 15) is 21.6 Å². The van der Waals surface area contributed by atoms with Crippen LogP contribution < -0.4 is 10.1 Å². The molecule has 0 bridgehead atoms. The van der Waals surface area contributed by atoms with E-state index in [1.807, 2.05) is 0 Å². The number of nitrogens with one attached hydrogen (secondary N) is 1. The Hall–Kier alpha value is -2.43. The van der Waals surface area contributed by atoms with Crippen LogP contribution in [-0.4, -0.2) is 49.4 Å². The summed E-state index contributed by atoms with van der Waals surface area (Å²) in [4.78, 5) is 11.9. The van der Waals surface area contributed by atoms with Gasteiger partial charge in [0.15, 0.2) is 25.8 Å². The predicted octanol–water partition coefficient (Wildman–Crippen LogP) is 1.51. The van der Waals surface area contributed by atoms with Crippen molar-refractivity contribution in [2.75, 3.05) is 26.7 Å². The molecule has 2 rings (SSSR count). The zero-order valence-electron chi connectivity index (χ0n) is 16.5. The number of hydrogen-bond acceptors (Lipinski definition) is 7. The Labute approximate surface area is 170 Å². The minimum Gasteiger partial charge on any atom is -0.487 e. The van der Waals surface area contributed by atoms with Crippen LogP contribution in [0.4, 0.5) is 0 Å². The Morgan fingerprint density at radius 1 is 1.03 bits per heavy atom. The summed E-state index contributed by atoms with van der Waals surface area (Å²) in [5, 5.41) is 2.52. The van der Waals surface area contributed by atoms with Crippen molar-refractivity contribution < 1.29 is 31.1 Å². The van der Waals surface area contributed by atoms with Crippen molar-refractivity contribution in [1.29, 1.82) is 0 Å². The molecule has 0 heterocycles. The Morgan fingerprint density at radius 2 is 1.69 bits per heavy atom. The van der Waals surface area contributed by atoms with E-state index in [4.69, 9.17) is 9.47 Å². The lowest BCUT2D eigenvalue weighted by Gasteiger charge is -2.19. The molecule has 1 amide bonds. The number of sulfone groups is 2. The molecule has 0 spiro atoms. The fourth-order valence-corrected chi connectivity index (χ4v) is 4.16. The van der Waals surface area contributed by atoms with E-state index < -0.39 is 25.8 Å². The van der Waals surface area contributed by atoms with Gasteiger partial charge in [-0.1, -0.05) is 24.3 Å². The molecular formula is C19H23NO7S2. The van der Waals surface area contributed by atoms with Crippen LogP contribution in [0.3, 0.4) is 0 Å². The SMILES string of the molecule is CNC(=O)C(OC)c1ccccc1COc1cc(S(C)(=O)=O)ccc1S(C)(=O)=O. The largest absolute Gasteiger partial charge is 0.487 e. The topological polar surface area (TPSA) is 116 Å². The van der Waals surface area contributed by atoms with E-state index in [1.165, 1.54) is 32.4 Å². The van der Waals surface area contributed by atoms with Gasteiger partial charge in [0.1, 0.15) is 17.3 Å². The van der Waals surface area contributed by atoms with Gasteiger partial charge in [-0.05, 0) is 23.3 Å². The van der Waals surface area contributed by atoms with Crippen LogP contribution in [0.1, 0.15) is 17.2 Å². The van der Waals surface area contributed by atoms with E-state index in [1.54, 1.807) is 24.3 Å². The van der Waals surface area contributed by atoms with Crippen molar-refractivity contribution in [1.82, 2.24) is 5.32 Å². The standard InChI is InChI=1S/C19H23NO7S2/c1-20-19(21)18(26-2)15-8-6-5-7-13(15)12-27-16-11-14(28(3,22)23)9-10-17(16)29(4,24)25/h5-11,18H,12H2,1-4H3,(H,20,21). The second-order valence-corrected chi connectivity index (χ2v) is 10.4. The first-order valence-corrected chi connectivity index (χ1v) is 12.3. The third-order valence-electron chi connectivity index (χ3n) is 4.18. The Kier molecular flexibility index (Phi) is 7.04. The highest BCUT2D eigenvalue weighted by atomic mass is 32.2. The van der Waals surface area contributed by atoms with Gasteiger partial charge >= 0.3 is 0 Å². The lowest BCUT2D eigenvalue weighted by molar-refractivity contribution is -0.130. The average molecular weight is 442 g/mol. The Morgan fingerprint density at radius 3 is 2.24 bits per heavy atom. The molecule has 0 aliphatic rings. The molecule has 29 heavy (non-hydrogen) atoms. The zero-order valence-corrected chi connectivity index (χ0v) is 18.1. The molecule has 8 nitrogen and oxygen atoms in total. The monoisotopic (exact) mass is 441 g/mol. The fourth-order valence-electron chi connectivity index (χ4n) is 2.72. The summed E-state index contributed by atoms with van der Waals surface area (Å²) in [5.41, 5.74) is 1.14. The van der Waals surface area contributed by atoms with Crippen LogP contribution in [0, 0.1) is 0 Å². The molecule has 0 aliphatic carbocycles. The summed E-state index contributed by atoms with van der Waals surface area (Å²) >= 11 is 0. The maximum atomic E-state index is 12.1. The quantitative estimate of drug-likeness (QED) is 0.660. The van der Waals surface area contributed by atoms with E-state index in [2.05, 4.69) is 5.32 Å². The highest BCUT2D eigenvalue weighted by molar-refractivity contribution is 7.91. The summed E-state index contributed by atoms with van der Waals surface area (Å²) in [5.74, 6) is -0.435. The van der Waals surface area contributed by atoms with Gasteiger partial charge in [0, 0.05) is 32.7 Å². The Balaban J connectivity index is 2.46. The van der Waals surface area contributed by atoms with Crippen LogP contribution in [0.2, 0.25) is 0 Å². The minimum atomic E-state index is -3.66. The third kappa shape index (κ3) is 5.55. The van der Waals surface area contributed by atoms with Crippen LogP contribution in [0.25, 0.3) is 0 Å². The van der Waals surface area contributed by atoms with Gasteiger partial charge in [0.05, 0.1) is 4.90 Å². The van der Waals surface area contributed by atoms with Crippen molar-refractivity contribution in [2.24, 2.45) is 0 Å². The molecule has 0 aliphatic heterocycles. The number of benzene rings is 2. The maximum absolute atomic E-state index is 12.1. The maximum Gasteiger partial charge on any atom is 0.253 e. The van der Waals surface area contributed by atoms with E-state index in [-0.39, 0.29) is 28.1 Å². The summed E-state index contributed by atoms with van der Waals surface area (Å²) in [7, 11) is -4.33. The average Bonchev–Trinajstić information content (AvgIpc) is 2.65. The molecule has 158 valence electrons. The number of carbonyl (C=O) groups is 1. The molecule has 2 aromatic rings. The molecule has 1 unspecified atom stereocenters. The molecule has 0 aromatic heterocycles. The first-order valence-electron chi connectivity index (χ1n) is 8.48. The normalized spacial score (nSPS) is 13.0. The molecule has 0 radical (unpaired) electrons. The van der Waals surface area contributed by atoms with Gasteiger partial charge < -0.3 is 14.8 Å². The van der Waals surface area contributed by atoms with Crippen LogP contribution >= 0.6 is 0 Å². The first-order chi connectivity index (χ1) is 13.5. The summed E-state index contributed by atoms with van der Waals surface area (Å²) < 4.78 is 58.8. The van der Waals surface area contributed by atoms with E-state index in [0.717, 1.165) is 12.5 Å². The van der Waals surface area contributed by atoms with Crippen molar-refractivity contribution >= 4 is 25.6 Å². The van der Waals surface area contributed by atoms with Gasteiger partial charge in [-0.3, -0.25) is 4.79 Å². The highest BCUT2D eigenvalue weighted by Crippen LogP contribution is 2.29. The molecule has 0 saturated carbocycles. The molecule has 2 aromatic carbocycles. The van der Waals surface area contributed by atoms with Crippen LogP contribution in [-0.2, 0) is 35.8 Å². The van der Waals surface area contributed by atoms with Gasteiger partial charge in [-0.2, -0.15) is 0 Å². The summed E-state index contributed by atoms with van der Waals surface area (Å²) in [6.07, 6.45) is 1.15. The fraction of sp³-hybridized carbons (Fsp3) is 0.316. The number of hydrogen-bond donors (Lipinski definition) is 1. The highest BCUT2D eigenvalue weighted by Gasteiger charge is 2.23. The smallest absolute Gasteiger partial charge is 0.253 e. The lowest BCUT2D eigenvalue weighted by atomic mass is 10.0. The van der Waals surface area contributed by atoms with Crippen molar-refractivity contribution in [3.63, 3.8) is 0 Å². The van der Waals surface area contributed by atoms with Gasteiger partial charge in [0.25, 0.3) is 5.91 Å². The van der Waals surface area contributed by atoms with Crippen LogP contribution in [0.15, 0.2) is 52.3 Å². The number of rotatable bonds is 8. The van der Waals surface area contributed by atoms with E-state index in [0.29, 0.717) is 11.1 Å². The number of methoxy groups -OCH3 is 1. The van der Waals surface area contributed by atoms with E-state index >= 15 is 0 Å². The molecular weight excluding hydrogens is 418 g/mol. The summed E-state index contributed by atoms with van der Waals surface area (Å²) in [6.45, 7) is -0.0945. The third-order valence-corrected chi connectivity index (χ3v) is 6.43. The predicted molar refractivity (Wildman–Crippen MR) is 107 cm³/mol. The zero-order chi connectivity index (χ0) is 21.8. The van der Waals surface area contributed by atoms with Gasteiger partial charge in [0.2, 0.25) is 0 Å². The first kappa shape index (κ1) is 22.9. The number of carbonyl (C=O) groups excluding carboxylic acids is 1. The van der Waals surface area contributed by atoms with Gasteiger partial charge in [-0.15, -0.1) is 0 Å². The number of amides is 1. The second kappa shape index (κ2) is 8.93. The lowest BCUT2D eigenvalue weighted by Crippen LogP contribution is -2.27. The van der Waals surface area contributed by atoms with Crippen LogP contribution in [0.5, 0.6) is 5.75 Å². The molecule has 1 atom stereocenters. The van der Waals surface area contributed by atoms with Crippen molar-refractivity contribution in [3.8, 4) is 5.75 Å². The number of likely N-dealkylation sites (N-methyl/N-ethyl adjacent to an activating group) is 1. The molecule has 1 N–H and O–H groups in total. The Bertz CT molecular complexity index is 1110. The summed E-state index contributed by atoms with van der Waals surface area (Å²) in [6, 6.07) is 10.5. The van der Waals surface area contributed by atoms with Crippen molar-refractivity contribution in [3.05, 3.63) is 53.6 Å². The molecule has 10 heteroatoms. The van der Waals surface area contributed by atoms with Crippen molar-refractivity contribution in [2.45, 2.75) is 22.5 Å². The number of ether oxygens (including phenoxy) is 2. The second-order valence-electron chi connectivity index (χ2n) is 6.37.